The molecule has 0 spiro atoms. The third-order valence-corrected chi connectivity index (χ3v) is 4.18. The number of hydrogen-bond acceptors (Lipinski definition) is 3. The zero-order chi connectivity index (χ0) is 15.6. The molecule has 1 fully saturated rings. The molecule has 1 aliphatic heterocycles. The molecule has 0 aliphatic carbocycles. The number of likely N-dealkylation sites (tertiary alicyclic amines) is 1. The molecule has 0 bridgehead atoms. The molecule has 1 heterocycles. The van der Waals surface area contributed by atoms with Crippen LogP contribution in [0.25, 0.3) is 0 Å². The molecule has 2 rings (SSSR count). The number of amides is 1. The van der Waals surface area contributed by atoms with E-state index in [2.05, 4.69) is 15.9 Å². The van der Waals surface area contributed by atoms with Crippen molar-refractivity contribution in [3.05, 3.63) is 34.1 Å². The summed E-state index contributed by atoms with van der Waals surface area (Å²) in [7, 11) is 1.51. The van der Waals surface area contributed by atoms with Crippen molar-refractivity contribution in [3.8, 4) is 0 Å². The van der Waals surface area contributed by atoms with Gasteiger partial charge in [0.2, 0.25) is 5.91 Å². The molecule has 5 nitrogen and oxygen atoms in total. The maximum absolute atomic E-state index is 13.4. The highest BCUT2D eigenvalue weighted by atomic mass is 79.9. The van der Waals surface area contributed by atoms with E-state index in [0.29, 0.717) is 18.7 Å². The van der Waals surface area contributed by atoms with Crippen LogP contribution in [0.5, 0.6) is 0 Å². The number of carboxylic acids is 1. The molecular formula is C14H15BrFNO4. The Balaban J connectivity index is 2.38. The first-order valence-corrected chi connectivity index (χ1v) is 7.21. The van der Waals surface area contributed by atoms with Gasteiger partial charge in [-0.1, -0.05) is 6.07 Å². The monoisotopic (exact) mass is 359 g/mol. The van der Waals surface area contributed by atoms with Gasteiger partial charge < -0.3 is 14.7 Å². The fraction of sp³-hybridized carbons (Fsp3) is 0.429. The smallest absolute Gasteiger partial charge is 0.309 e. The number of carbonyl (C=O) groups excluding carboxylic acids is 1. The number of rotatable bonds is 5. The number of aliphatic carboxylic acids is 1. The minimum atomic E-state index is -1.03. The molecule has 1 saturated heterocycles. The average molecular weight is 360 g/mol. The Bertz CT molecular complexity index is 566. The van der Waals surface area contributed by atoms with Crippen LogP contribution in [-0.4, -0.2) is 42.1 Å². The molecule has 1 amide bonds. The van der Waals surface area contributed by atoms with Crippen LogP contribution in [0, 0.1) is 11.7 Å². The van der Waals surface area contributed by atoms with Gasteiger partial charge in [-0.2, -0.15) is 0 Å². The van der Waals surface area contributed by atoms with E-state index in [1.54, 1.807) is 0 Å². The van der Waals surface area contributed by atoms with Crippen molar-refractivity contribution in [2.24, 2.45) is 5.92 Å². The standard InChI is InChI=1S/C14H15BrFNO4/c1-21-5-4-17-12(18)7-9(14(19)20)13(17)8-2-3-11(16)10(15)6-8/h2-3,6,9,13H,4-5,7H2,1H3,(H,19,20). The number of methoxy groups -OCH3 is 1. The van der Waals surface area contributed by atoms with E-state index >= 15 is 0 Å². The SMILES string of the molecule is COCCN1C(=O)CC(C(=O)O)C1c1ccc(F)c(Br)c1. The van der Waals surface area contributed by atoms with Crippen LogP contribution in [0.15, 0.2) is 22.7 Å². The molecule has 0 radical (unpaired) electrons. The minimum Gasteiger partial charge on any atom is -0.481 e. The normalized spacial score (nSPS) is 21.9. The largest absolute Gasteiger partial charge is 0.481 e. The Kier molecular flexibility index (Phi) is 4.95. The molecule has 1 aliphatic rings. The summed E-state index contributed by atoms with van der Waals surface area (Å²) < 4.78 is 18.6. The highest BCUT2D eigenvalue weighted by Gasteiger charge is 2.44. The number of ether oxygens (including phenoxy) is 1. The van der Waals surface area contributed by atoms with Gasteiger partial charge in [0.25, 0.3) is 0 Å². The Morgan fingerprint density at radius 3 is 2.86 bits per heavy atom. The lowest BCUT2D eigenvalue weighted by Gasteiger charge is -2.27. The van der Waals surface area contributed by atoms with Crippen molar-refractivity contribution < 1.29 is 23.8 Å². The number of hydrogen-bond donors (Lipinski definition) is 1. The second kappa shape index (κ2) is 6.53. The molecule has 114 valence electrons. The van der Waals surface area contributed by atoms with Gasteiger partial charge in [0.05, 0.1) is 23.0 Å². The van der Waals surface area contributed by atoms with E-state index < -0.39 is 23.7 Å². The Morgan fingerprint density at radius 2 is 2.29 bits per heavy atom. The van der Waals surface area contributed by atoms with Crippen molar-refractivity contribution in [1.29, 1.82) is 0 Å². The van der Waals surface area contributed by atoms with Crippen molar-refractivity contribution in [1.82, 2.24) is 4.90 Å². The number of carboxylic acid groups (broad SMARTS) is 1. The van der Waals surface area contributed by atoms with Gasteiger partial charge in [-0.05, 0) is 33.6 Å². The van der Waals surface area contributed by atoms with Gasteiger partial charge >= 0.3 is 5.97 Å². The quantitative estimate of drug-likeness (QED) is 0.875. The maximum atomic E-state index is 13.4. The van der Waals surface area contributed by atoms with E-state index in [4.69, 9.17) is 4.74 Å². The van der Waals surface area contributed by atoms with Crippen molar-refractivity contribution in [2.75, 3.05) is 20.3 Å². The molecule has 7 heteroatoms. The fourth-order valence-electron chi connectivity index (χ4n) is 2.57. The van der Waals surface area contributed by atoms with E-state index in [0.717, 1.165) is 0 Å². The van der Waals surface area contributed by atoms with E-state index in [-0.39, 0.29) is 16.8 Å². The number of nitrogens with zero attached hydrogens (tertiary/aromatic N) is 1. The maximum Gasteiger partial charge on any atom is 0.309 e. The number of halogens is 2. The van der Waals surface area contributed by atoms with Gasteiger partial charge in [-0.25, -0.2) is 4.39 Å². The predicted octanol–water partition coefficient (Wildman–Crippen LogP) is 2.21. The summed E-state index contributed by atoms with van der Waals surface area (Å²) in [6.45, 7) is 0.621. The van der Waals surface area contributed by atoms with Gasteiger partial charge in [0.1, 0.15) is 5.82 Å². The van der Waals surface area contributed by atoms with Crippen LogP contribution in [0.3, 0.4) is 0 Å². The summed E-state index contributed by atoms with van der Waals surface area (Å²) in [5.74, 6) is -2.54. The third kappa shape index (κ3) is 3.24. The highest BCUT2D eigenvalue weighted by Crippen LogP contribution is 2.39. The average Bonchev–Trinajstić information content (AvgIpc) is 2.77. The number of benzene rings is 1. The summed E-state index contributed by atoms with van der Waals surface area (Å²) in [6, 6.07) is 3.69. The fourth-order valence-corrected chi connectivity index (χ4v) is 2.97. The van der Waals surface area contributed by atoms with E-state index in [1.807, 2.05) is 0 Å². The van der Waals surface area contributed by atoms with Crippen LogP contribution in [0.4, 0.5) is 4.39 Å². The Labute approximate surface area is 129 Å². The lowest BCUT2D eigenvalue weighted by atomic mass is 9.94. The summed E-state index contributed by atoms with van der Waals surface area (Å²) in [5, 5.41) is 9.33. The van der Waals surface area contributed by atoms with E-state index in [9.17, 15) is 19.1 Å². The summed E-state index contributed by atoms with van der Waals surface area (Å²) in [5.41, 5.74) is 0.595. The minimum absolute atomic E-state index is 0.0568. The van der Waals surface area contributed by atoms with Crippen LogP contribution < -0.4 is 0 Å². The topological polar surface area (TPSA) is 66.8 Å². The lowest BCUT2D eigenvalue weighted by molar-refractivity contribution is -0.142. The van der Waals surface area contributed by atoms with Crippen LogP contribution in [-0.2, 0) is 14.3 Å². The molecule has 2 atom stereocenters. The van der Waals surface area contributed by atoms with Gasteiger partial charge in [0, 0.05) is 20.1 Å². The molecular weight excluding hydrogens is 345 g/mol. The second-order valence-corrected chi connectivity index (χ2v) is 5.70. The Hall–Kier alpha value is -1.47. The lowest BCUT2D eigenvalue weighted by Crippen LogP contribution is -2.33. The van der Waals surface area contributed by atoms with Crippen LogP contribution in [0.2, 0.25) is 0 Å². The third-order valence-electron chi connectivity index (χ3n) is 3.57. The van der Waals surface area contributed by atoms with E-state index in [1.165, 1.54) is 30.2 Å². The van der Waals surface area contributed by atoms with Crippen molar-refractivity contribution >= 4 is 27.8 Å². The summed E-state index contributed by atoms with van der Waals surface area (Å²) in [6.07, 6.45) is -0.0568. The summed E-state index contributed by atoms with van der Waals surface area (Å²) >= 11 is 3.09. The van der Waals surface area contributed by atoms with Gasteiger partial charge in [-0.15, -0.1) is 0 Å². The van der Waals surface area contributed by atoms with Crippen LogP contribution >= 0.6 is 15.9 Å². The number of carbonyl (C=O) groups is 2. The highest BCUT2D eigenvalue weighted by molar-refractivity contribution is 9.10. The Morgan fingerprint density at radius 1 is 1.57 bits per heavy atom. The van der Waals surface area contributed by atoms with Crippen LogP contribution in [0.1, 0.15) is 18.0 Å². The van der Waals surface area contributed by atoms with Crippen molar-refractivity contribution in [2.45, 2.75) is 12.5 Å². The molecule has 1 aromatic rings. The van der Waals surface area contributed by atoms with Gasteiger partial charge in [0.15, 0.2) is 0 Å². The molecule has 0 aromatic heterocycles. The molecule has 2 unspecified atom stereocenters. The molecule has 1 N–H and O–H groups in total. The predicted molar refractivity (Wildman–Crippen MR) is 76.2 cm³/mol. The van der Waals surface area contributed by atoms with Gasteiger partial charge in [-0.3, -0.25) is 9.59 Å². The zero-order valence-electron chi connectivity index (χ0n) is 11.4. The molecule has 0 saturated carbocycles. The zero-order valence-corrected chi connectivity index (χ0v) is 13.0. The first kappa shape index (κ1) is 15.9. The molecule has 1 aromatic carbocycles. The first-order chi connectivity index (χ1) is 9.95. The summed E-state index contributed by atoms with van der Waals surface area (Å²) in [4.78, 5) is 24.9. The second-order valence-electron chi connectivity index (χ2n) is 4.85. The molecule has 21 heavy (non-hydrogen) atoms. The first-order valence-electron chi connectivity index (χ1n) is 6.42. The van der Waals surface area contributed by atoms with Crippen molar-refractivity contribution in [3.63, 3.8) is 0 Å².